The molecule has 4 heteroatoms. The predicted molar refractivity (Wildman–Crippen MR) is 81.6 cm³/mol. The van der Waals surface area contributed by atoms with E-state index >= 15 is 0 Å². The SMILES string of the molecule is CCN(CC)C(=O)Nc1ccc(-c2cccnc2)cc1. The normalized spacial score (nSPS) is 10.1. The van der Waals surface area contributed by atoms with Crippen molar-refractivity contribution < 1.29 is 4.79 Å². The fraction of sp³-hybridized carbons (Fsp3) is 0.250. The van der Waals surface area contributed by atoms with Gasteiger partial charge in [-0.25, -0.2) is 4.79 Å². The molecule has 0 aliphatic heterocycles. The van der Waals surface area contributed by atoms with Crippen molar-refractivity contribution in [3.8, 4) is 11.1 Å². The summed E-state index contributed by atoms with van der Waals surface area (Å²) in [6.45, 7) is 5.34. The van der Waals surface area contributed by atoms with Crippen LogP contribution in [0.3, 0.4) is 0 Å². The van der Waals surface area contributed by atoms with Gasteiger partial charge in [0.05, 0.1) is 0 Å². The Bertz CT molecular complexity index is 548. The summed E-state index contributed by atoms with van der Waals surface area (Å²) < 4.78 is 0. The molecule has 4 nitrogen and oxygen atoms in total. The van der Waals surface area contributed by atoms with E-state index in [0.29, 0.717) is 13.1 Å². The largest absolute Gasteiger partial charge is 0.325 e. The van der Waals surface area contributed by atoms with Crippen LogP contribution in [0.5, 0.6) is 0 Å². The zero-order chi connectivity index (χ0) is 14.4. The van der Waals surface area contributed by atoms with Gasteiger partial charge in [0.1, 0.15) is 0 Å². The van der Waals surface area contributed by atoms with Crippen LogP contribution in [-0.4, -0.2) is 29.0 Å². The van der Waals surface area contributed by atoms with Crippen molar-refractivity contribution >= 4 is 11.7 Å². The van der Waals surface area contributed by atoms with Crippen molar-refractivity contribution in [1.82, 2.24) is 9.88 Å². The lowest BCUT2D eigenvalue weighted by atomic mass is 10.1. The van der Waals surface area contributed by atoms with Gasteiger partial charge in [0.2, 0.25) is 0 Å². The Balaban J connectivity index is 2.07. The number of carbonyl (C=O) groups is 1. The number of nitrogens with one attached hydrogen (secondary N) is 1. The number of rotatable bonds is 4. The molecule has 0 unspecified atom stereocenters. The molecule has 1 aromatic heterocycles. The lowest BCUT2D eigenvalue weighted by Gasteiger charge is -2.19. The molecule has 1 heterocycles. The van der Waals surface area contributed by atoms with Crippen LogP contribution in [-0.2, 0) is 0 Å². The van der Waals surface area contributed by atoms with Gasteiger partial charge in [-0.1, -0.05) is 18.2 Å². The standard InChI is InChI=1S/C16H19N3O/c1-3-19(4-2)16(20)18-15-9-7-13(8-10-15)14-6-5-11-17-12-14/h5-12H,3-4H2,1-2H3,(H,18,20). The van der Waals surface area contributed by atoms with Crippen LogP contribution in [0.25, 0.3) is 11.1 Å². The van der Waals surface area contributed by atoms with Crippen molar-refractivity contribution in [2.24, 2.45) is 0 Å². The number of amides is 2. The van der Waals surface area contributed by atoms with Gasteiger partial charge in [-0.15, -0.1) is 0 Å². The Hall–Kier alpha value is -2.36. The first-order chi connectivity index (χ1) is 9.74. The first kappa shape index (κ1) is 14.1. The monoisotopic (exact) mass is 269 g/mol. The van der Waals surface area contributed by atoms with Gasteiger partial charge in [0, 0.05) is 31.2 Å². The Kier molecular flexibility index (Phi) is 4.71. The second-order valence-electron chi connectivity index (χ2n) is 4.42. The zero-order valence-electron chi connectivity index (χ0n) is 11.8. The van der Waals surface area contributed by atoms with Crippen molar-refractivity contribution in [2.45, 2.75) is 13.8 Å². The first-order valence-electron chi connectivity index (χ1n) is 6.81. The van der Waals surface area contributed by atoms with Gasteiger partial charge in [0.25, 0.3) is 0 Å². The van der Waals surface area contributed by atoms with Gasteiger partial charge < -0.3 is 10.2 Å². The minimum atomic E-state index is -0.0656. The number of urea groups is 1. The number of hydrogen-bond donors (Lipinski definition) is 1. The predicted octanol–water partition coefficient (Wildman–Crippen LogP) is 3.62. The summed E-state index contributed by atoms with van der Waals surface area (Å²) >= 11 is 0. The summed E-state index contributed by atoms with van der Waals surface area (Å²) in [5, 5.41) is 2.89. The van der Waals surface area contributed by atoms with Crippen LogP contribution in [0.1, 0.15) is 13.8 Å². The Morgan fingerprint density at radius 3 is 2.35 bits per heavy atom. The van der Waals surface area contributed by atoms with E-state index in [2.05, 4.69) is 10.3 Å². The quantitative estimate of drug-likeness (QED) is 0.921. The average Bonchev–Trinajstić information content (AvgIpc) is 2.50. The average molecular weight is 269 g/mol. The molecule has 2 aromatic rings. The molecule has 2 amide bonds. The van der Waals surface area contributed by atoms with E-state index in [9.17, 15) is 4.79 Å². The zero-order valence-corrected chi connectivity index (χ0v) is 11.8. The lowest BCUT2D eigenvalue weighted by molar-refractivity contribution is 0.217. The fourth-order valence-corrected chi connectivity index (χ4v) is 1.99. The molecule has 0 saturated carbocycles. The molecule has 2 rings (SSSR count). The molecule has 0 aliphatic carbocycles. The number of aromatic nitrogens is 1. The molecule has 1 N–H and O–H groups in total. The third-order valence-corrected chi connectivity index (χ3v) is 3.18. The second kappa shape index (κ2) is 6.70. The molecule has 0 bridgehead atoms. The third-order valence-electron chi connectivity index (χ3n) is 3.18. The van der Waals surface area contributed by atoms with Crippen molar-refractivity contribution in [3.63, 3.8) is 0 Å². The molecule has 0 fully saturated rings. The van der Waals surface area contributed by atoms with E-state index in [4.69, 9.17) is 0 Å². The minimum absolute atomic E-state index is 0.0656. The number of hydrogen-bond acceptors (Lipinski definition) is 2. The first-order valence-corrected chi connectivity index (χ1v) is 6.81. The lowest BCUT2D eigenvalue weighted by Crippen LogP contribution is -2.34. The Morgan fingerprint density at radius 1 is 1.10 bits per heavy atom. The minimum Gasteiger partial charge on any atom is -0.325 e. The molecule has 1 aromatic carbocycles. The number of anilines is 1. The molecule has 0 radical (unpaired) electrons. The van der Waals surface area contributed by atoms with E-state index in [1.165, 1.54) is 0 Å². The number of benzene rings is 1. The van der Waals surface area contributed by atoms with Crippen LogP contribution in [0.2, 0.25) is 0 Å². The molecule has 104 valence electrons. The highest BCUT2D eigenvalue weighted by Gasteiger charge is 2.09. The molecular weight excluding hydrogens is 250 g/mol. The van der Waals surface area contributed by atoms with Crippen LogP contribution < -0.4 is 5.32 Å². The summed E-state index contributed by atoms with van der Waals surface area (Å²) in [6, 6.07) is 11.6. The van der Waals surface area contributed by atoms with E-state index in [0.717, 1.165) is 16.8 Å². The number of nitrogens with zero attached hydrogens (tertiary/aromatic N) is 2. The maximum absolute atomic E-state index is 11.9. The summed E-state index contributed by atoms with van der Waals surface area (Å²) in [7, 11) is 0. The molecular formula is C16H19N3O. The summed E-state index contributed by atoms with van der Waals surface area (Å²) in [5.41, 5.74) is 2.95. The second-order valence-corrected chi connectivity index (χ2v) is 4.42. The molecule has 0 aliphatic rings. The molecule has 0 atom stereocenters. The van der Waals surface area contributed by atoms with Crippen molar-refractivity contribution in [2.75, 3.05) is 18.4 Å². The summed E-state index contributed by atoms with van der Waals surface area (Å²) in [5.74, 6) is 0. The van der Waals surface area contributed by atoms with E-state index in [1.807, 2.05) is 56.4 Å². The summed E-state index contributed by atoms with van der Waals surface area (Å²) in [6.07, 6.45) is 3.58. The van der Waals surface area contributed by atoms with Gasteiger partial charge in [-0.05, 0) is 43.2 Å². The molecule has 0 spiro atoms. The topological polar surface area (TPSA) is 45.2 Å². The van der Waals surface area contributed by atoms with Crippen LogP contribution in [0, 0.1) is 0 Å². The third kappa shape index (κ3) is 3.35. The van der Waals surface area contributed by atoms with Gasteiger partial charge in [-0.3, -0.25) is 4.98 Å². The highest BCUT2D eigenvalue weighted by atomic mass is 16.2. The Morgan fingerprint density at radius 2 is 1.80 bits per heavy atom. The van der Waals surface area contributed by atoms with Gasteiger partial charge in [0.15, 0.2) is 0 Å². The number of carbonyl (C=O) groups excluding carboxylic acids is 1. The van der Waals surface area contributed by atoms with Crippen molar-refractivity contribution in [1.29, 1.82) is 0 Å². The van der Waals surface area contributed by atoms with Crippen LogP contribution in [0.4, 0.5) is 10.5 Å². The smallest absolute Gasteiger partial charge is 0.321 e. The van der Waals surface area contributed by atoms with Crippen LogP contribution in [0.15, 0.2) is 48.8 Å². The maximum atomic E-state index is 11.9. The van der Waals surface area contributed by atoms with Gasteiger partial charge in [-0.2, -0.15) is 0 Å². The maximum Gasteiger partial charge on any atom is 0.321 e. The number of pyridine rings is 1. The van der Waals surface area contributed by atoms with E-state index < -0.39 is 0 Å². The summed E-state index contributed by atoms with van der Waals surface area (Å²) in [4.78, 5) is 17.8. The van der Waals surface area contributed by atoms with Gasteiger partial charge >= 0.3 is 6.03 Å². The Labute approximate surface area is 119 Å². The highest BCUT2D eigenvalue weighted by Crippen LogP contribution is 2.20. The van der Waals surface area contributed by atoms with Crippen LogP contribution >= 0.6 is 0 Å². The highest BCUT2D eigenvalue weighted by molar-refractivity contribution is 5.89. The molecule has 20 heavy (non-hydrogen) atoms. The fourth-order valence-electron chi connectivity index (χ4n) is 1.99. The van der Waals surface area contributed by atoms with Crippen molar-refractivity contribution in [3.05, 3.63) is 48.8 Å². The molecule has 0 saturated heterocycles. The van der Waals surface area contributed by atoms with E-state index in [1.54, 1.807) is 11.1 Å². The van der Waals surface area contributed by atoms with E-state index in [-0.39, 0.29) is 6.03 Å².